The van der Waals surface area contributed by atoms with Crippen LogP contribution in [0.25, 0.3) is 0 Å². The van der Waals surface area contributed by atoms with Gasteiger partial charge in [0.25, 0.3) is 0 Å². The smallest absolute Gasteiger partial charge is 0.126 e. The van der Waals surface area contributed by atoms with E-state index in [0.717, 1.165) is 12.1 Å². The first kappa shape index (κ1) is 15.1. The molecular formula is C15H25FN2. The van der Waals surface area contributed by atoms with E-state index in [9.17, 15) is 4.39 Å². The summed E-state index contributed by atoms with van der Waals surface area (Å²) in [5.74, 6) is -0.134. The number of benzene rings is 1. The molecule has 0 bridgehead atoms. The van der Waals surface area contributed by atoms with Crippen molar-refractivity contribution in [3.05, 3.63) is 35.1 Å². The summed E-state index contributed by atoms with van der Waals surface area (Å²) in [6.45, 7) is 9.05. The average Bonchev–Trinajstić information content (AvgIpc) is 2.29. The van der Waals surface area contributed by atoms with Crippen LogP contribution in [0.1, 0.15) is 37.9 Å². The number of likely N-dealkylation sites (N-methyl/N-ethyl adjacent to an activating group) is 2. The maximum atomic E-state index is 13.7. The molecule has 1 aromatic rings. The summed E-state index contributed by atoms with van der Waals surface area (Å²) in [4.78, 5) is 2.16. The van der Waals surface area contributed by atoms with Crippen molar-refractivity contribution in [2.75, 3.05) is 20.6 Å². The van der Waals surface area contributed by atoms with Gasteiger partial charge in [0.05, 0.1) is 6.04 Å². The Balaban J connectivity index is 3.15. The summed E-state index contributed by atoms with van der Waals surface area (Å²) in [6.07, 6.45) is 0. The second kappa shape index (κ2) is 5.81. The molecule has 3 heteroatoms. The van der Waals surface area contributed by atoms with Gasteiger partial charge in [0, 0.05) is 5.54 Å². The summed E-state index contributed by atoms with van der Waals surface area (Å²) in [7, 11) is 4.10. The van der Waals surface area contributed by atoms with Gasteiger partial charge in [0.15, 0.2) is 0 Å². The van der Waals surface area contributed by atoms with E-state index in [1.54, 1.807) is 13.0 Å². The molecule has 0 amide bonds. The van der Waals surface area contributed by atoms with Gasteiger partial charge in [-0.25, -0.2) is 4.39 Å². The van der Waals surface area contributed by atoms with Crippen molar-refractivity contribution in [1.82, 2.24) is 10.2 Å². The second-order valence-electron chi connectivity index (χ2n) is 5.55. The van der Waals surface area contributed by atoms with Gasteiger partial charge >= 0.3 is 0 Å². The first-order valence-electron chi connectivity index (χ1n) is 6.47. The minimum atomic E-state index is -0.134. The zero-order valence-electron chi connectivity index (χ0n) is 12.3. The topological polar surface area (TPSA) is 15.3 Å². The van der Waals surface area contributed by atoms with E-state index < -0.39 is 0 Å². The van der Waals surface area contributed by atoms with Crippen molar-refractivity contribution < 1.29 is 4.39 Å². The molecule has 0 radical (unpaired) electrons. The fraction of sp³-hybridized carbons (Fsp3) is 0.600. The molecule has 0 fully saturated rings. The van der Waals surface area contributed by atoms with E-state index >= 15 is 0 Å². The van der Waals surface area contributed by atoms with Gasteiger partial charge in [0.2, 0.25) is 0 Å². The van der Waals surface area contributed by atoms with Gasteiger partial charge < -0.3 is 10.2 Å². The Labute approximate surface area is 110 Å². The lowest BCUT2D eigenvalue weighted by atomic mass is 9.87. The maximum Gasteiger partial charge on any atom is 0.126 e. The standard InChI is InChI=1S/C15H25FN2/c1-7-17-14(15(3,4)18(5)6)12-9-8-11(2)13(16)10-12/h8-10,14,17H,7H2,1-6H3. The summed E-state index contributed by atoms with van der Waals surface area (Å²) >= 11 is 0. The molecule has 0 saturated carbocycles. The Morgan fingerprint density at radius 2 is 1.94 bits per heavy atom. The van der Waals surface area contributed by atoms with Crippen LogP contribution in [0.4, 0.5) is 4.39 Å². The molecule has 0 aliphatic heterocycles. The van der Waals surface area contributed by atoms with Gasteiger partial charge in [-0.2, -0.15) is 0 Å². The van der Waals surface area contributed by atoms with Crippen LogP contribution in [0.5, 0.6) is 0 Å². The molecule has 1 atom stereocenters. The summed E-state index contributed by atoms with van der Waals surface area (Å²) in [6, 6.07) is 5.61. The summed E-state index contributed by atoms with van der Waals surface area (Å²) in [5, 5.41) is 3.46. The highest BCUT2D eigenvalue weighted by Crippen LogP contribution is 2.30. The van der Waals surface area contributed by atoms with E-state index in [-0.39, 0.29) is 17.4 Å². The van der Waals surface area contributed by atoms with Crippen LogP contribution in [-0.2, 0) is 0 Å². The molecule has 1 N–H and O–H groups in total. The molecule has 0 spiro atoms. The molecule has 2 nitrogen and oxygen atoms in total. The quantitative estimate of drug-likeness (QED) is 0.866. The molecule has 0 aromatic heterocycles. The van der Waals surface area contributed by atoms with Crippen LogP contribution >= 0.6 is 0 Å². The van der Waals surface area contributed by atoms with Crippen LogP contribution in [0.2, 0.25) is 0 Å². The number of nitrogens with zero attached hydrogens (tertiary/aromatic N) is 1. The van der Waals surface area contributed by atoms with E-state index in [0.29, 0.717) is 5.56 Å². The zero-order valence-corrected chi connectivity index (χ0v) is 12.3. The summed E-state index contributed by atoms with van der Waals surface area (Å²) in [5.41, 5.74) is 1.60. The van der Waals surface area contributed by atoms with Crippen molar-refractivity contribution in [3.8, 4) is 0 Å². The fourth-order valence-corrected chi connectivity index (χ4v) is 2.03. The van der Waals surface area contributed by atoms with Crippen LogP contribution in [0.15, 0.2) is 18.2 Å². The van der Waals surface area contributed by atoms with Gasteiger partial charge in [0.1, 0.15) is 5.82 Å². The monoisotopic (exact) mass is 252 g/mol. The Morgan fingerprint density at radius 3 is 2.39 bits per heavy atom. The van der Waals surface area contributed by atoms with Gasteiger partial charge in [-0.1, -0.05) is 19.1 Å². The van der Waals surface area contributed by atoms with E-state index in [1.165, 1.54) is 0 Å². The highest BCUT2D eigenvalue weighted by molar-refractivity contribution is 5.28. The predicted molar refractivity (Wildman–Crippen MR) is 75.3 cm³/mol. The molecule has 0 aliphatic carbocycles. The van der Waals surface area contributed by atoms with Crippen molar-refractivity contribution in [3.63, 3.8) is 0 Å². The molecule has 102 valence electrons. The number of rotatable bonds is 5. The minimum absolute atomic E-state index is 0.0856. The van der Waals surface area contributed by atoms with Crippen molar-refractivity contribution in [1.29, 1.82) is 0 Å². The molecule has 1 rings (SSSR count). The van der Waals surface area contributed by atoms with Gasteiger partial charge in [-0.05, 0) is 58.6 Å². The SMILES string of the molecule is CCNC(c1ccc(C)c(F)c1)C(C)(C)N(C)C. The number of nitrogens with one attached hydrogen (secondary N) is 1. The minimum Gasteiger partial charge on any atom is -0.309 e. The lowest BCUT2D eigenvalue weighted by molar-refractivity contribution is 0.139. The zero-order chi connectivity index (χ0) is 13.9. The Kier molecular flexibility index (Phi) is 4.88. The second-order valence-corrected chi connectivity index (χ2v) is 5.55. The average molecular weight is 252 g/mol. The number of halogens is 1. The third kappa shape index (κ3) is 3.09. The van der Waals surface area contributed by atoms with Crippen LogP contribution in [0.3, 0.4) is 0 Å². The first-order valence-corrected chi connectivity index (χ1v) is 6.47. The molecule has 0 heterocycles. The van der Waals surface area contributed by atoms with Gasteiger partial charge in [-0.15, -0.1) is 0 Å². The molecular weight excluding hydrogens is 227 g/mol. The highest BCUT2D eigenvalue weighted by atomic mass is 19.1. The number of hydrogen-bond acceptors (Lipinski definition) is 2. The summed E-state index contributed by atoms with van der Waals surface area (Å²) < 4.78 is 13.7. The first-order chi connectivity index (χ1) is 8.30. The van der Waals surface area contributed by atoms with Crippen LogP contribution < -0.4 is 5.32 Å². The highest BCUT2D eigenvalue weighted by Gasteiger charge is 2.32. The largest absolute Gasteiger partial charge is 0.309 e. The molecule has 0 saturated heterocycles. The third-order valence-corrected chi connectivity index (χ3v) is 3.80. The molecule has 0 aliphatic rings. The predicted octanol–water partition coefficient (Wildman–Crippen LogP) is 3.12. The molecule has 1 aromatic carbocycles. The van der Waals surface area contributed by atoms with Crippen molar-refractivity contribution in [2.45, 2.75) is 39.3 Å². The lowest BCUT2D eigenvalue weighted by Gasteiger charge is -2.41. The fourth-order valence-electron chi connectivity index (χ4n) is 2.03. The Morgan fingerprint density at radius 1 is 1.33 bits per heavy atom. The maximum absolute atomic E-state index is 13.7. The molecule has 1 unspecified atom stereocenters. The number of aryl methyl sites for hydroxylation is 1. The van der Waals surface area contributed by atoms with E-state index in [2.05, 4.69) is 45.1 Å². The van der Waals surface area contributed by atoms with Crippen LogP contribution in [0, 0.1) is 12.7 Å². The van der Waals surface area contributed by atoms with Crippen molar-refractivity contribution in [2.24, 2.45) is 0 Å². The van der Waals surface area contributed by atoms with E-state index in [1.807, 2.05) is 12.1 Å². The normalized spacial score (nSPS) is 14.0. The number of hydrogen-bond donors (Lipinski definition) is 1. The Hall–Kier alpha value is -0.930. The molecule has 18 heavy (non-hydrogen) atoms. The van der Waals surface area contributed by atoms with Crippen molar-refractivity contribution >= 4 is 0 Å². The van der Waals surface area contributed by atoms with E-state index in [4.69, 9.17) is 0 Å². The van der Waals surface area contributed by atoms with Gasteiger partial charge in [-0.3, -0.25) is 0 Å². The lowest BCUT2D eigenvalue weighted by Crippen LogP contribution is -2.49. The van der Waals surface area contributed by atoms with Crippen LogP contribution in [-0.4, -0.2) is 31.1 Å². The Bertz CT molecular complexity index is 399. The third-order valence-electron chi connectivity index (χ3n) is 3.80.